The van der Waals surface area contributed by atoms with Crippen molar-refractivity contribution in [2.45, 2.75) is 33.2 Å². The van der Waals surface area contributed by atoms with E-state index in [2.05, 4.69) is 15.4 Å². The number of carbonyl (C=O) groups excluding carboxylic acids is 1. The Hall–Kier alpha value is -2.09. The second-order valence-electron chi connectivity index (χ2n) is 6.10. The van der Waals surface area contributed by atoms with E-state index in [9.17, 15) is 13.6 Å². The molecule has 0 spiro atoms. The number of hydrogen-bond donors (Lipinski definition) is 1. The van der Waals surface area contributed by atoms with Crippen LogP contribution in [0.25, 0.3) is 11.0 Å². The summed E-state index contributed by atoms with van der Waals surface area (Å²) in [5, 5.41) is 7.36. The quantitative estimate of drug-likeness (QED) is 0.784. The fraction of sp³-hybridized carbons (Fsp3) is 0.562. The summed E-state index contributed by atoms with van der Waals surface area (Å²) in [6, 6.07) is 1.37. The molecule has 0 aliphatic rings. The number of hydrogen-bond acceptors (Lipinski definition) is 4. The van der Waals surface area contributed by atoms with Crippen molar-refractivity contribution in [3.05, 3.63) is 23.0 Å². The molecule has 0 saturated carbocycles. The largest absolute Gasteiger partial charge is 0.354 e. The third kappa shape index (κ3) is 4.25. The third-order valence-corrected chi connectivity index (χ3v) is 3.67. The van der Waals surface area contributed by atoms with Crippen LogP contribution in [0.5, 0.6) is 0 Å². The van der Waals surface area contributed by atoms with Gasteiger partial charge in [0.25, 0.3) is 6.43 Å². The van der Waals surface area contributed by atoms with Crippen molar-refractivity contribution in [3.8, 4) is 0 Å². The zero-order valence-corrected chi connectivity index (χ0v) is 14.4. The molecule has 0 aliphatic heterocycles. The van der Waals surface area contributed by atoms with Gasteiger partial charge in [-0.1, -0.05) is 0 Å². The average molecular weight is 339 g/mol. The monoisotopic (exact) mass is 339 g/mol. The van der Waals surface area contributed by atoms with E-state index in [1.807, 2.05) is 19.0 Å². The number of nitrogens with one attached hydrogen (secondary N) is 1. The molecule has 0 saturated heterocycles. The van der Waals surface area contributed by atoms with E-state index in [1.165, 1.54) is 10.7 Å². The van der Waals surface area contributed by atoms with Crippen LogP contribution in [0.2, 0.25) is 0 Å². The maximum absolute atomic E-state index is 13.3. The van der Waals surface area contributed by atoms with Crippen LogP contribution in [0.1, 0.15) is 29.8 Å². The van der Waals surface area contributed by atoms with Crippen LogP contribution in [-0.4, -0.2) is 52.8 Å². The van der Waals surface area contributed by atoms with Gasteiger partial charge in [-0.15, -0.1) is 0 Å². The first-order valence-electron chi connectivity index (χ1n) is 7.84. The number of rotatable bonds is 7. The van der Waals surface area contributed by atoms with Crippen molar-refractivity contribution < 1.29 is 13.6 Å². The first kappa shape index (κ1) is 18.3. The molecule has 8 heteroatoms. The number of pyridine rings is 1. The number of alkyl halides is 2. The second kappa shape index (κ2) is 7.65. The first-order valence-corrected chi connectivity index (χ1v) is 7.84. The summed E-state index contributed by atoms with van der Waals surface area (Å²) in [5.74, 6) is -0.208. The molecule has 0 fully saturated rings. The van der Waals surface area contributed by atoms with Crippen molar-refractivity contribution >= 4 is 16.9 Å². The van der Waals surface area contributed by atoms with Crippen molar-refractivity contribution in [1.82, 2.24) is 25.0 Å². The van der Waals surface area contributed by atoms with Crippen LogP contribution in [0.15, 0.2) is 6.07 Å². The molecule has 2 aromatic rings. The Balaban J connectivity index is 2.16. The molecule has 6 nitrogen and oxygen atoms in total. The number of aromatic nitrogens is 3. The lowest BCUT2D eigenvalue weighted by molar-refractivity contribution is -0.121. The van der Waals surface area contributed by atoms with Gasteiger partial charge in [0, 0.05) is 17.8 Å². The van der Waals surface area contributed by atoms with Gasteiger partial charge in [-0.2, -0.15) is 5.10 Å². The molecule has 24 heavy (non-hydrogen) atoms. The molecular weight excluding hydrogens is 316 g/mol. The molecule has 1 N–H and O–H groups in total. The molecule has 0 unspecified atom stereocenters. The van der Waals surface area contributed by atoms with Gasteiger partial charge in [-0.25, -0.2) is 18.4 Å². The van der Waals surface area contributed by atoms with Gasteiger partial charge in [0.1, 0.15) is 6.54 Å². The minimum Gasteiger partial charge on any atom is -0.354 e. The van der Waals surface area contributed by atoms with Gasteiger partial charge in [0.15, 0.2) is 5.65 Å². The van der Waals surface area contributed by atoms with Gasteiger partial charge in [-0.3, -0.25) is 4.79 Å². The van der Waals surface area contributed by atoms with E-state index in [4.69, 9.17) is 0 Å². The normalized spacial score (nSPS) is 11.7. The Bertz CT molecular complexity index is 727. The molecule has 2 aromatic heterocycles. The predicted molar refractivity (Wildman–Crippen MR) is 88.1 cm³/mol. The molecule has 132 valence electrons. The lowest BCUT2D eigenvalue weighted by Crippen LogP contribution is -2.30. The fourth-order valence-corrected chi connectivity index (χ4v) is 2.61. The minimum atomic E-state index is -2.61. The van der Waals surface area contributed by atoms with Crippen molar-refractivity contribution in [2.24, 2.45) is 0 Å². The Kier molecular flexibility index (Phi) is 5.82. The summed E-state index contributed by atoms with van der Waals surface area (Å²) >= 11 is 0. The highest BCUT2D eigenvalue weighted by atomic mass is 19.3. The SMILES string of the molecule is Cc1cc(C(F)F)c2c(C)nn(CC(=O)NCCCN(C)C)c2n1. The maximum Gasteiger partial charge on any atom is 0.264 e. The number of fused-ring (bicyclic) bond motifs is 1. The molecule has 0 aromatic carbocycles. The molecule has 0 radical (unpaired) electrons. The Morgan fingerprint density at radius 1 is 1.38 bits per heavy atom. The number of nitrogens with zero attached hydrogens (tertiary/aromatic N) is 4. The topological polar surface area (TPSA) is 63.1 Å². The van der Waals surface area contributed by atoms with Crippen LogP contribution in [-0.2, 0) is 11.3 Å². The number of amides is 1. The van der Waals surface area contributed by atoms with Crippen molar-refractivity contribution in [1.29, 1.82) is 0 Å². The number of carbonyl (C=O) groups is 1. The molecule has 1 amide bonds. The van der Waals surface area contributed by atoms with Gasteiger partial charge < -0.3 is 10.2 Å². The van der Waals surface area contributed by atoms with Crippen molar-refractivity contribution in [2.75, 3.05) is 27.2 Å². The van der Waals surface area contributed by atoms with Crippen LogP contribution >= 0.6 is 0 Å². The minimum absolute atomic E-state index is 0.0363. The van der Waals surface area contributed by atoms with E-state index in [0.29, 0.717) is 29.0 Å². The van der Waals surface area contributed by atoms with E-state index >= 15 is 0 Å². The summed E-state index contributed by atoms with van der Waals surface area (Å²) in [6.45, 7) is 4.70. The standard InChI is InChI=1S/C16H23F2N5O/c1-10-8-12(15(17)18)14-11(2)21-23(16(14)20-10)9-13(24)19-6-5-7-22(3)4/h8,15H,5-7,9H2,1-4H3,(H,19,24). The van der Waals surface area contributed by atoms with E-state index in [0.717, 1.165) is 13.0 Å². The molecule has 0 aliphatic carbocycles. The number of halogens is 2. The molecule has 0 bridgehead atoms. The Morgan fingerprint density at radius 3 is 2.71 bits per heavy atom. The highest BCUT2D eigenvalue weighted by molar-refractivity contribution is 5.84. The third-order valence-electron chi connectivity index (χ3n) is 3.67. The summed E-state index contributed by atoms with van der Waals surface area (Å²) in [7, 11) is 3.93. The zero-order chi connectivity index (χ0) is 17.9. The number of aryl methyl sites for hydroxylation is 2. The van der Waals surface area contributed by atoms with Gasteiger partial charge in [-0.05, 0) is 47.0 Å². The van der Waals surface area contributed by atoms with Gasteiger partial charge in [0.2, 0.25) is 5.91 Å². The van der Waals surface area contributed by atoms with E-state index < -0.39 is 6.43 Å². The summed E-state index contributed by atoms with van der Waals surface area (Å²) in [5.41, 5.74) is 1.16. The van der Waals surface area contributed by atoms with E-state index in [1.54, 1.807) is 13.8 Å². The molecular formula is C16H23F2N5O. The van der Waals surface area contributed by atoms with Crippen LogP contribution in [0.4, 0.5) is 8.78 Å². The second-order valence-corrected chi connectivity index (χ2v) is 6.10. The predicted octanol–water partition coefficient (Wildman–Crippen LogP) is 2.05. The van der Waals surface area contributed by atoms with E-state index in [-0.39, 0.29) is 18.0 Å². The maximum atomic E-state index is 13.3. The fourth-order valence-electron chi connectivity index (χ4n) is 2.61. The summed E-state index contributed by atoms with van der Waals surface area (Å²) in [4.78, 5) is 18.4. The Morgan fingerprint density at radius 2 is 2.08 bits per heavy atom. The van der Waals surface area contributed by atoms with Crippen LogP contribution < -0.4 is 5.32 Å². The molecule has 2 rings (SSSR count). The Labute approximate surface area is 139 Å². The summed E-state index contributed by atoms with van der Waals surface area (Å²) in [6.07, 6.45) is -1.77. The first-order chi connectivity index (χ1) is 11.3. The van der Waals surface area contributed by atoms with Crippen molar-refractivity contribution in [3.63, 3.8) is 0 Å². The lowest BCUT2D eigenvalue weighted by Gasteiger charge is -2.10. The highest BCUT2D eigenvalue weighted by Crippen LogP contribution is 2.29. The highest BCUT2D eigenvalue weighted by Gasteiger charge is 2.20. The smallest absolute Gasteiger partial charge is 0.264 e. The van der Waals surface area contributed by atoms with Crippen LogP contribution in [0.3, 0.4) is 0 Å². The molecule has 0 atom stereocenters. The molecule has 2 heterocycles. The lowest BCUT2D eigenvalue weighted by atomic mass is 10.1. The van der Waals surface area contributed by atoms with Gasteiger partial charge in [0.05, 0.1) is 11.1 Å². The van der Waals surface area contributed by atoms with Crippen LogP contribution in [0, 0.1) is 13.8 Å². The zero-order valence-electron chi connectivity index (χ0n) is 14.4. The van der Waals surface area contributed by atoms with Gasteiger partial charge >= 0.3 is 0 Å². The summed E-state index contributed by atoms with van der Waals surface area (Å²) < 4.78 is 27.9. The average Bonchev–Trinajstić information content (AvgIpc) is 2.78.